The molecule has 2 aliphatic rings. The number of carbonyl (C=O) groups excluding carboxylic acids is 2. The van der Waals surface area contributed by atoms with Crippen LogP contribution in [-0.2, 0) is 20.9 Å². The fourth-order valence-corrected chi connectivity index (χ4v) is 5.56. The molecule has 2 fully saturated rings. The molecule has 1 saturated carbocycles. The SMILES string of the molecule is COc1ccc([C@H](C(=O)NC[C@@H]2CCCO2)N(C(=O)Cn2nnc3ccccc32)C2CCCC2)c(OC)c1. The van der Waals surface area contributed by atoms with Gasteiger partial charge in [0.15, 0.2) is 0 Å². The van der Waals surface area contributed by atoms with Crippen molar-refractivity contribution in [3.8, 4) is 11.5 Å². The monoisotopic (exact) mass is 521 g/mol. The largest absolute Gasteiger partial charge is 0.497 e. The minimum Gasteiger partial charge on any atom is -0.497 e. The van der Waals surface area contributed by atoms with E-state index in [0.717, 1.165) is 49.6 Å². The highest BCUT2D eigenvalue weighted by Gasteiger charge is 2.39. The third-order valence-corrected chi connectivity index (χ3v) is 7.50. The van der Waals surface area contributed by atoms with Crippen molar-refractivity contribution in [3.63, 3.8) is 0 Å². The van der Waals surface area contributed by atoms with Gasteiger partial charge in [-0.05, 0) is 49.9 Å². The van der Waals surface area contributed by atoms with Crippen LogP contribution in [0, 0.1) is 0 Å². The lowest BCUT2D eigenvalue weighted by molar-refractivity contribution is -0.144. The lowest BCUT2D eigenvalue weighted by atomic mass is 9.99. The molecule has 3 aromatic rings. The Hall–Kier alpha value is -3.66. The summed E-state index contributed by atoms with van der Waals surface area (Å²) in [6, 6.07) is 11.9. The standard InChI is InChI=1S/C28H35N5O5/c1-36-20-13-14-22(25(16-20)37-2)27(28(35)29-17-21-10-7-15-38-21)33(19-8-3-4-9-19)26(34)18-32-24-12-6-5-11-23(24)30-31-32/h5-6,11-14,16,19,21,27H,3-4,7-10,15,17-18H2,1-2H3,(H,29,35)/t21-,27+/m0/s1. The highest BCUT2D eigenvalue weighted by molar-refractivity contribution is 5.90. The summed E-state index contributed by atoms with van der Waals surface area (Å²) in [5, 5.41) is 11.5. The molecule has 1 aromatic heterocycles. The molecule has 38 heavy (non-hydrogen) atoms. The van der Waals surface area contributed by atoms with E-state index in [1.807, 2.05) is 30.3 Å². The number of amides is 2. The summed E-state index contributed by atoms with van der Waals surface area (Å²) in [5.74, 6) is 0.649. The Kier molecular flexibility index (Phi) is 8.07. The van der Waals surface area contributed by atoms with Crippen LogP contribution in [0.3, 0.4) is 0 Å². The van der Waals surface area contributed by atoms with Gasteiger partial charge in [0.25, 0.3) is 0 Å². The van der Waals surface area contributed by atoms with Crippen molar-refractivity contribution in [2.24, 2.45) is 0 Å². The first kappa shape index (κ1) is 26.0. The molecular weight excluding hydrogens is 486 g/mol. The van der Waals surface area contributed by atoms with Crippen molar-refractivity contribution in [3.05, 3.63) is 48.0 Å². The zero-order valence-electron chi connectivity index (χ0n) is 22.0. The van der Waals surface area contributed by atoms with Gasteiger partial charge in [-0.2, -0.15) is 0 Å². The molecule has 2 aromatic carbocycles. The van der Waals surface area contributed by atoms with E-state index in [-0.39, 0.29) is 30.5 Å². The van der Waals surface area contributed by atoms with Crippen LogP contribution in [0.25, 0.3) is 11.0 Å². The number of hydrogen-bond acceptors (Lipinski definition) is 7. The number of ether oxygens (including phenoxy) is 3. The summed E-state index contributed by atoms with van der Waals surface area (Å²) < 4.78 is 18.4. The predicted octanol–water partition coefficient (Wildman–Crippen LogP) is 3.26. The van der Waals surface area contributed by atoms with E-state index >= 15 is 0 Å². The van der Waals surface area contributed by atoms with Crippen molar-refractivity contribution in [1.29, 1.82) is 0 Å². The zero-order valence-corrected chi connectivity index (χ0v) is 22.0. The Morgan fingerprint density at radius 2 is 1.92 bits per heavy atom. The van der Waals surface area contributed by atoms with Crippen molar-refractivity contribution in [2.45, 2.75) is 63.3 Å². The van der Waals surface area contributed by atoms with E-state index in [0.29, 0.717) is 30.2 Å². The van der Waals surface area contributed by atoms with E-state index in [2.05, 4.69) is 15.6 Å². The van der Waals surface area contributed by atoms with E-state index in [9.17, 15) is 9.59 Å². The highest BCUT2D eigenvalue weighted by Crippen LogP contribution is 2.37. The van der Waals surface area contributed by atoms with Gasteiger partial charge in [0.1, 0.15) is 29.6 Å². The molecule has 0 spiro atoms. The van der Waals surface area contributed by atoms with Gasteiger partial charge in [0, 0.05) is 30.8 Å². The maximum atomic E-state index is 14.1. The number of methoxy groups -OCH3 is 2. The van der Waals surface area contributed by atoms with Crippen LogP contribution >= 0.6 is 0 Å². The van der Waals surface area contributed by atoms with Gasteiger partial charge in [-0.25, -0.2) is 4.68 Å². The first-order valence-corrected chi connectivity index (χ1v) is 13.3. The van der Waals surface area contributed by atoms with Gasteiger partial charge in [-0.3, -0.25) is 9.59 Å². The summed E-state index contributed by atoms with van der Waals surface area (Å²) in [7, 11) is 3.14. The van der Waals surface area contributed by atoms with Crippen LogP contribution in [0.15, 0.2) is 42.5 Å². The third-order valence-electron chi connectivity index (χ3n) is 7.50. The van der Waals surface area contributed by atoms with Gasteiger partial charge in [0.2, 0.25) is 11.8 Å². The molecule has 1 saturated heterocycles. The summed E-state index contributed by atoms with van der Waals surface area (Å²) in [6.45, 7) is 1.08. The second kappa shape index (κ2) is 11.8. The Labute approximate surface area is 222 Å². The van der Waals surface area contributed by atoms with E-state index in [1.165, 1.54) is 0 Å². The number of benzene rings is 2. The summed E-state index contributed by atoms with van der Waals surface area (Å²) in [6.07, 6.45) is 5.54. The maximum absolute atomic E-state index is 14.1. The Morgan fingerprint density at radius 3 is 2.66 bits per heavy atom. The number of hydrogen-bond donors (Lipinski definition) is 1. The van der Waals surface area contributed by atoms with Gasteiger partial charge in [0.05, 0.1) is 25.8 Å². The molecule has 5 rings (SSSR count). The average Bonchev–Trinajstić information content (AvgIpc) is 3.73. The number of nitrogens with one attached hydrogen (secondary N) is 1. The van der Waals surface area contributed by atoms with Crippen molar-refractivity contribution < 1.29 is 23.8 Å². The number of nitrogens with zero attached hydrogens (tertiary/aromatic N) is 4. The lowest BCUT2D eigenvalue weighted by Gasteiger charge is -2.36. The average molecular weight is 522 g/mol. The van der Waals surface area contributed by atoms with Crippen LogP contribution in [0.4, 0.5) is 0 Å². The van der Waals surface area contributed by atoms with E-state index in [4.69, 9.17) is 14.2 Å². The quantitative estimate of drug-likeness (QED) is 0.436. The predicted molar refractivity (Wildman–Crippen MR) is 141 cm³/mol. The fraction of sp³-hybridized carbons (Fsp3) is 0.500. The number of fused-ring (bicyclic) bond motifs is 1. The lowest BCUT2D eigenvalue weighted by Crippen LogP contribution is -2.50. The molecule has 10 nitrogen and oxygen atoms in total. The van der Waals surface area contributed by atoms with Gasteiger partial charge < -0.3 is 24.4 Å². The molecule has 1 aliphatic carbocycles. The van der Waals surface area contributed by atoms with Crippen molar-refractivity contribution in [2.75, 3.05) is 27.4 Å². The van der Waals surface area contributed by atoms with Crippen molar-refractivity contribution >= 4 is 22.8 Å². The minimum absolute atomic E-state index is 0.0190. The molecule has 0 radical (unpaired) electrons. The molecular formula is C28H35N5O5. The van der Waals surface area contributed by atoms with Crippen LogP contribution in [-0.4, -0.2) is 71.2 Å². The van der Waals surface area contributed by atoms with Crippen LogP contribution in [0.5, 0.6) is 11.5 Å². The molecule has 2 amide bonds. The number of rotatable bonds is 10. The molecule has 1 aliphatic heterocycles. The molecule has 2 atom stereocenters. The zero-order chi connectivity index (χ0) is 26.5. The van der Waals surface area contributed by atoms with Crippen molar-refractivity contribution in [1.82, 2.24) is 25.2 Å². The van der Waals surface area contributed by atoms with E-state index in [1.54, 1.807) is 35.9 Å². The summed E-state index contributed by atoms with van der Waals surface area (Å²) >= 11 is 0. The second-order valence-corrected chi connectivity index (χ2v) is 9.87. The fourth-order valence-electron chi connectivity index (χ4n) is 5.56. The van der Waals surface area contributed by atoms with Gasteiger partial charge in [-0.1, -0.05) is 30.2 Å². The normalized spacial score (nSPS) is 18.4. The second-order valence-electron chi connectivity index (χ2n) is 9.87. The third kappa shape index (κ3) is 5.45. The summed E-state index contributed by atoms with van der Waals surface area (Å²) in [5.41, 5.74) is 2.10. The van der Waals surface area contributed by atoms with Gasteiger partial charge >= 0.3 is 0 Å². The van der Waals surface area contributed by atoms with E-state index < -0.39 is 6.04 Å². The smallest absolute Gasteiger partial charge is 0.247 e. The summed E-state index contributed by atoms with van der Waals surface area (Å²) in [4.78, 5) is 29.8. The first-order chi connectivity index (χ1) is 18.6. The highest BCUT2D eigenvalue weighted by atomic mass is 16.5. The molecule has 0 unspecified atom stereocenters. The minimum atomic E-state index is -0.886. The van der Waals surface area contributed by atoms with Crippen LogP contribution < -0.4 is 14.8 Å². The Bertz CT molecular complexity index is 1270. The number of para-hydroxylation sites is 1. The number of aromatic nitrogens is 3. The first-order valence-electron chi connectivity index (χ1n) is 13.3. The number of carbonyl (C=O) groups is 2. The maximum Gasteiger partial charge on any atom is 0.247 e. The van der Waals surface area contributed by atoms with Crippen LogP contribution in [0.1, 0.15) is 50.1 Å². The molecule has 0 bridgehead atoms. The molecule has 2 heterocycles. The van der Waals surface area contributed by atoms with Crippen LogP contribution in [0.2, 0.25) is 0 Å². The Balaban J connectivity index is 1.52. The van der Waals surface area contributed by atoms with Gasteiger partial charge in [-0.15, -0.1) is 5.10 Å². The topological polar surface area (TPSA) is 108 Å². The Morgan fingerprint density at radius 1 is 1.11 bits per heavy atom. The molecule has 202 valence electrons. The molecule has 10 heteroatoms. The molecule has 1 N–H and O–H groups in total.